The number of carbonyl (C=O) groups excluding carboxylic acids is 3. The SMILES string of the molecule is CC/C=C\C/C=C\C/C=C\C/C=C\C/C=C\C/C=C\C/C=C\C/C=C\CCCCCCC(=O)OCC(COC(=O)CCCCCCCCCCC)OC(=O)CCCC/C=C\C/C=C\C/C=C\C/C=C\CC. The third-order valence-electron chi connectivity index (χ3n) is 11.3. The minimum absolute atomic E-state index is 0.107. The summed E-state index contributed by atoms with van der Waals surface area (Å²) in [5.74, 6) is -0.987. The lowest BCUT2D eigenvalue weighted by atomic mass is 10.1. The highest BCUT2D eigenvalue weighted by Crippen LogP contribution is 2.13. The molecule has 0 aliphatic heterocycles. The lowest BCUT2D eigenvalue weighted by Crippen LogP contribution is -2.30. The summed E-state index contributed by atoms with van der Waals surface area (Å²) in [5.41, 5.74) is 0. The summed E-state index contributed by atoms with van der Waals surface area (Å²) in [6.45, 7) is 6.31. The Kier molecular flexibility index (Phi) is 54.0. The van der Waals surface area contributed by atoms with Gasteiger partial charge in [0.05, 0.1) is 0 Å². The first-order valence-corrected chi connectivity index (χ1v) is 28.3. The van der Waals surface area contributed by atoms with E-state index >= 15 is 0 Å². The quantitative estimate of drug-likeness (QED) is 0.0262. The second-order valence-corrected chi connectivity index (χ2v) is 18.1. The third-order valence-corrected chi connectivity index (χ3v) is 11.3. The number of hydrogen-bond acceptors (Lipinski definition) is 6. The van der Waals surface area contributed by atoms with E-state index in [0.29, 0.717) is 19.3 Å². The number of allylic oxidation sites excluding steroid dienone is 24. The molecule has 1 unspecified atom stereocenters. The van der Waals surface area contributed by atoms with E-state index in [2.05, 4.69) is 167 Å². The first-order chi connectivity index (χ1) is 35.0. The molecule has 0 aromatic carbocycles. The largest absolute Gasteiger partial charge is 0.462 e. The minimum atomic E-state index is -0.814. The van der Waals surface area contributed by atoms with E-state index in [4.69, 9.17) is 14.2 Å². The average molecular weight is 980 g/mol. The second kappa shape index (κ2) is 57.9. The van der Waals surface area contributed by atoms with Gasteiger partial charge in [0.15, 0.2) is 6.10 Å². The maximum atomic E-state index is 12.8. The van der Waals surface area contributed by atoms with Crippen molar-refractivity contribution in [3.05, 3.63) is 146 Å². The molecule has 71 heavy (non-hydrogen) atoms. The zero-order valence-corrected chi connectivity index (χ0v) is 45.4. The van der Waals surface area contributed by atoms with Gasteiger partial charge < -0.3 is 14.2 Å². The number of rotatable bonds is 49. The van der Waals surface area contributed by atoms with Gasteiger partial charge in [-0.1, -0.05) is 231 Å². The van der Waals surface area contributed by atoms with Gasteiger partial charge in [0.25, 0.3) is 0 Å². The molecule has 0 bridgehead atoms. The highest BCUT2D eigenvalue weighted by atomic mass is 16.6. The molecular weight excluding hydrogens is 877 g/mol. The summed E-state index contributed by atoms with van der Waals surface area (Å²) in [5, 5.41) is 0. The second-order valence-electron chi connectivity index (χ2n) is 18.1. The van der Waals surface area contributed by atoms with Crippen LogP contribution in [0.5, 0.6) is 0 Å². The molecule has 0 aromatic rings. The van der Waals surface area contributed by atoms with Crippen LogP contribution in [0, 0.1) is 0 Å². The van der Waals surface area contributed by atoms with Crippen molar-refractivity contribution in [2.24, 2.45) is 0 Å². The van der Waals surface area contributed by atoms with Crippen LogP contribution in [-0.4, -0.2) is 37.2 Å². The van der Waals surface area contributed by atoms with Gasteiger partial charge in [-0.3, -0.25) is 14.4 Å². The molecule has 0 aromatic heterocycles. The molecule has 0 N–H and O–H groups in total. The summed E-state index contributed by atoms with van der Waals surface area (Å²) in [4.78, 5) is 38.0. The number of hydrogen-bond donors (Lipinski definition) is 0. The zero-order valence-electron chi connectivity index (χ0n) is 45.4. The van der Waals surface area contributed by atoms with Crippen molar-refractivity contribution in [1.82, 2.24) is 0 Å². The van der Waals surface area contributed by atoms with E-state index in [1.54, 1.807) is 0 Å². The van der Waals surface area contributed by atoms with E-state index in [0.717, 1.165) is 141 Å². The fourth-order valence-electron chi connectivity index (χ4n) is 7.15. The van der Waals surface area contributed by atoms with Crippen molar-refractivity contribution < 1.29 is 28.6 Å². The molecule has 0 spiro atoms. The summed E-state index contributed by atoms with van der Waals surface area (Å²) >= 11 is 0. The molecule has 398 valence electrons. The minimum Gasteiger partial charge on any atom is -0.462 e. The standard InChI is InChI=1S/C65H102O6/c1-4-7-10-13-16-19-21-23-25-26-27-28-29-30-31-32-33-34-35-36-37-38-40-41-43-46-49-52-55-58-64(67)70-61-62(60-69-63(66)57-54-51-48-45-18-15-12-9-6-3)71-65(68)59-56-53-50-47-44-42-39-24-22-20-17-14-11-8-5-2/h7-8,10-11,16-17,19-20,23-25,27-28,30-31,33-34,36-37,39-41,44,47,62H,4-6,9,12-15,18,21-22,26,29,32,35,38,42-43,45-46,48-61H2,1-3H3/b10-7-,11-8-,19-16-,20-17-,25-23-,28-27-,31-30-,34-33-,37-36-,39-24-,41-40-,47-44-. The van der Waals surface area contributed by atoms with E-state index in [1.807, 2.05) is 0 Å². The van der Waals surface area contributed by atoms with Crippen molar-refractivity contribution in [2.75, 3.05) is 13.2 Å². The molecule has 0 radical (unpaired) electrons. The highest BCUT2D eigenvalue weighted by molar-refractivity contribution is 5.71. The Morgan fingerprint density at radius 3 is 0.887 bits per heavy atom. The topological polar surface area (TPSA) is 78.9 Å². The van der Waals surface area contributed by atoms with E-state index in [1.165, 1.54) is 38.5 Å². The normalized spacial score (nSPS) is 13.2. The zero-order chi connectivity index (χ0) is 51.4. The van der Waals surface area contributed by atoms with Gasteiger partial charge in [0.1, 0.15) is 13.2 Å². The molecule has 0 saturated heterocycles. The molecule has 0 aliphatic rings. The van der Waals surface area contributed by atoms with Gasteiger partial charge >= 0.3 is 17.9 Å². The maximum absolute atomic E-state index is 12.8. The van der Waals surface area contributed by atoms with Crippen LogP contribution < -0.4 is 0 Å². The molecule has 0 fully saturated rings. The van der Waals surface area contributed by atoms with E-state index in [9.17, 15) is 14.4 Å². The van der Waals surface area contributed by atoms with Crippen molar-refractivity contribution in [3.8, 4) is 0 Å². The Hall–Kier alpha value is -4.71. The fraction of sp³-hybridized carbons (Fsp3) is 0.585. The van der Waals surface area contributed by atoms with Crippen molar-refractivity contribution >= 4 is 17.9 Å². The molecule has 0 heterocycles. The van der Waals surface area contributed by atoms with Crippen LogP contribution in [0.1, 0.15) is 226 Å². The summed E-state index contributed by atoms with van der Waals surface area (Å²) in [6.07, 6.45) is 82.8. The Morgan fingerprint density at radius 1 is 0.296 bits per heavy atom. The molecule has 0 rings (SSSR count). The van der Waals surface area contributed by atoms with Crippen LogP contribution in [0.15, 0.2) is 146 Å². The third kappa shape index (κ3) is 56.1. The predicted molar refractivity (Wildman–Crippen MR) is 306 cm³/mol. The molecular formula is C65H102O6. The number of carbonyl (C=O) groups is 3. The Morgan fingerprint density at radius 2 is 0.549 bits per heavy atom. The lowest BCUT2D eigenvalue weighted by Gasteiger charge is -2.18. The monoisotopic (exact) mass is 979 g/mol. The van der Waals surface area contributed by atoms with Gasteiger partial charge in [0.2, 0.25) is 0 Å². The lowest BCUT2D eigenvalue weighted by molar-refractivity contribution is -0.167. The Balaban J connectivity index is 4.36. The number of ether oxygens (including phenoxy) is 3. The van der Waals surface area contributed by atoms with Crippen molar-refractivity contribution in [2.45, 2.75) is 232 Å². The summed E-state index contributed by atoms with van der Waals surface area (Å²) < 4.78 is 16.7. The first-order valence-electron chi connectivity index (χ1n) is 28.3. The molecule has 0 aliphatic carbocycles. The number of esters is 3. The van der Waals surface area contributed by atoms with E-state index in [-0.39, 0.29) is 37.5 Å². The molecule has 6 heteroatoms. The van der Waals surface area contributed by atoms with Crippen LogP contribution in [0.4, 0.5) is 0 Å². The average Bonchev–Trinajstić information content (AvgIpc) is 3.37. The van der Waals surface area contributed by atoms with Crippen molar-refractivity contribution in [1.29, 1.82) is 0 Å². The van der Waals surface area contributed by atoms with Crippen LogP contribution in [0.3, 0.4) is 0 Å². The van der Waals surface area contributed by atoms with Gasteiger partial charge in [-0.2, -0.15) is 0 Å². The van der Waals surface area contributed by atoms with Gasteiger partial charge in [-0.05, 0) is 122 Å². The molecule has 0 amide bonds. The van der Waals surface area contributed by atoms with Gasteiger partial charge in [-0.25, -0.2) is 0 Å². The Bertz CT molecular complexity index is 1590. The van der Waals surface area contributed by atoms with Gasteiger partial charge in [0, 0.05) is 19.3 Å². The predicted octanol–water partition coefficient (Wildman–Crippen LogP) is 19.2. The highest BCUT2D eigenvalue weighted by Gasteiger charge is 2.19. The number of unbranched alkanes of at least 4 members (excludes halogenated alkanes) is 14. The maximum Gasteiger partial charge on any atom is 0.306 e. The van der Waals surface area contributed by atoms with Crippen molar-refractivity contribution in [3.63, 3.8) is 0 Å². The summed E-state index contributed by atoms with van der Waals surface area (Å²) in [7, 11) is 0. The smallest absolute Gasteiger partial charge is 0.306 e. The molecule has 6 nitrogen and oxygen atoms in total. The summed E-state index contributed by atoms with van der Waals surface area (Å²) in [6, 6.07) is 0. The molecule has 0 saturated carbocycles. The van der Waals surface area contributed by atoms with Crippen LogP contribution >= 0.6 is 0 Å². The Labute approximate surface area is 436 Å². The van der Waals surface area contributed by atoms with Gasteiger partial charge in [-0.15, -0.1) is 0 Å². The van der Waals surface area contributed by atoms with E-state index < -0.39 is 6.10 Å². The van der Waals surface area contributed by atoms with Crippen LogP contribution in [-0.2, 0) is 28.6 Å². The molecule has 1 atom stereocenters. The van der Waals surface area contributed by atoms with Crippen LogP contribution in [0.25, 0.3) is 0 Å². The van der Waals surface area contributed by atoms with Crippen LogP contribution in [0.2, 0.25) is 0 Å². The fourth-order valence-corrected chi connectivity index (χ4v) is 7.15. The first kappa shape index (κ1) is 66.3.